The lowest BCUT2D eigenvalue weighted by Crippen LogP contribution is -2.44. The summed E-state index contributed by atoms with van der Waals surface area (Å²) in [5.41, 5.74) is 0.752. The van der Waals surface area contributed by atoms with Gasteiger partial charge >= 0.3 is 6.03 Å². The van der Waals surface area contributed by atoms with Gasteiger partial charge in [-0.05, 0) is 50.7 Å². The normalized spacial score (nSPS) is 16.3. The second-order valence-corrected chi connectivity index (χ2v) is 6.53. The van der Waals surface area contributed by atoms with Crippen LogP contribution in [0.5, 0.6) is 0 Å². The first-order valence-electron chi connectivity index (χ1n) is 8.35. The van der Waals surface area contributed by atoms with Crippen molar-refractivity contribution in [1.82, 2.24) is 15.1 Å². The van der Waals surface area contributed by atoms with Gasteiger partial charge in [-0.25, -0.2) is 4.79 Å². The van der Waals surface area contributed by atoms with Gasteiger partial charge in [0, 0.05) is 43.4 Å². The van der Waals surface area contributed by atoms with Crippen molar-refractivity contribution in [1.29, 1.82) is 0 Å². The number of urea groups is 1. The van der Waals surface area contributed by atoms with E-state index >= 15 is 0 Å². The van der Waals surface area contributed by atoms with E-state index in [1.54, 1.807) is 24.3 Å². The summed E-state index contributed by atoms with van der Waals surface area (Å²) < 4.78 is 0. The van der Waals surface area contributed by atoms with Gasteiger partial charge in [-0.3, -0.25) is 0 Å². The number of benzene rings is 1. The molecule has 0 spiro atoms. The zero-order chi connectivity index (χ0) is 16.5. The van der Waals surface area contributed by atoms with E-state index in [1.165, 1.54) is 39.1 Å². The highest BCUT2D eigenvalue weighted by molar-refractivity contribution is 6.30. The molecule has 0 bridgehead atoms. The van der Waals surface area contributed by atoms with Gasteiger partial charge in [0.05, 0.1) is 0 Å². The number of amides is 2. The monoisotopic (exact) mass is 338 g/mol. The molecule has 0 saturated carbocycles. The average Bonchev–Trinajstić information content (AvgIpc) is 2.54. The Kier molecular flexibility index (Phi) is 7.65. The summed E-state index contributed by atoms with van der Waals surface area (Å²) in [6.45, 7) is 6.59. The molecule has 0 atom stereocenters. The first-order chi connectivity index (χ1) is 11.1. The van der Waals surface area contributed by atoms with E-state index in [4.69, 9.17) is 11.6 Å². The second kappa shape index (κ2) is 9.75. The topological polar surface area (TPSA) is 47.6 Å². The fourth-order valence-electron chi connectivity index (χ4n) is 2.62. The summed E-state index contributed by atoms with van der Waals surface area (Å²) in [6, 6.07) is 6.94. The molecular weight excluding hydrogens is 312 g/mol. The standard InChI is InChI=1S/C17H27ClN4O/c1-21-11-13-22(14-12-21)10-4-2-3-9-19-17(23)20-16-7-5-15(18)6-8-16/h5-8H,2-4,9-14H2,1H3,(H2,19,20,23). The molecule has 0 aromatic heterocycles. The molecule has 23 heavy (non-hydrogen) atoms. The van der Waals surface area contributed by atoms with E-state index in [0.717, 1.165) is 18.5 Å². The van der Waals surface area contributed by atoms with Gasteiger partial charge in [0.15, 0.2) is 0 Å². The molecule has 1 heterocycles. The van der Waals surface area contributed by atoms with E-state index in [9.17, 15) is 4.79 Å². The lowest BCUT2D eigenvalue weighted by molar-refractivity contribution is 0.152. The van der Waals surface area contributed by atoms with Crippen LogP contribution in [0.25, 0.3) is 0 Å². The van der Waals surface area contributed by atoms with Crippen LogP contribution in [0.2, 0.25) is 5.02 Å². The van der Waals surface area contributed by atoms with E-state index in [1.807, 2.05) is 0 Å². The van der Waals surface area contributed by atoms with Crippen molar-refractivity contribution in [3.8, 4) is 0 Å². The minimum atomic E-state index is -0.161. The molecule has 0 unspecified atom stereocenters. The van der Waals surface area contributed by atoms with Crippen molar-refractivity contribution < 1.29 is 4.79 Å². The van der Waals surface area contributed by atoms with Gasteiger partial charge in [-0.1, -0.05) is 18.0 Å². The van der Waals surface area contributed by atoms with Crippen molar-refractivity contribution >= 4 is 23.3 Å². The summed E-state index contributed by atoms with van der Waals surface area (Å²) in [5, 5.41) is 6.34. The summed E-state index contributed by atoms with van der Waals surface area (Å²) >= 11 is 5.81. The number of halogens is 1. The van der Waals surface area contributed by atoms with Crippen LogP contribution in [0.15, 0.2) is 24.3 Å². The molecule has 0 radical (unpaired) electrons. The summed E-state index contributed by atoms with van der Waals surface area (Å²) in [4.78, 5) is 16.6. The Labute approximate surface area is 144 Å². The van der Waals surface area contributed by atoms with E-state index in [2.05, 4.69) is 27.5 Å². The van der Waals surface area contributed by atoms with Gasteiger partial charge in [0.25, 0.3) is 0 Å². The largest absolute Gasteiger partial charge is 0.338 e. The molecule has 1 aliphatic heterocycles. The third kappa shape index (κ3) is 7.20. The third-order valence-electron chi connectivity index (χ3n) is 4.13. The Morgan fingerprint density at radius 3 is 2.48 bits per heavy atom. The molecule has 1 aliphatic rings. The Bertz CT molecular complexity index is 472. The highest BCUT2D eigenvalue weighted by atomic mass is 35.5. The van der Waals surface area contributed by atoms with Crippen LogP contribution in [-0.4, -0.2) is 62.1 Å². The molecule has 128 valence electrons. The Morgan fingerprint density at radius 2 is 1.78 bits per heavy atom. The van der Waals surface area contributed by atoms with Crippen molar-refractivity contribution in [2.75, 3.05) is 51.6 Å². The quantitative estimate of drug-likeness (QED) is 0.751. The SMILES string of the molecule is CN1CCN(CCCCCNC(=O)Nc2ccc(Cl)cc2)CC1. The van der Waals surface area contributed by atoms with Crippen molar-refractivity contribution in [2.24, 2.45) is 0 Å². The van der Waals surface area contributed by atoms with Crippen LogP contribution in [0.4, 0.5) is 10.5 Å². The van der Waals surface area contributed by atoms with E-state index in [0.29, 0.717) is 11.6 Å². The zero-order valence-electron chi connectivity index (χ0n) is 13.9. The highest BCUT2D eigenvalue weighted by Gasteiger charge is 2.12. The number of nitrogens with zero attached hydrogens (tertiary/aromatic N) is 2. The zero-order valence-corrected chi connectivity index (χ0v) is 14.6. The van der Waals surface area contributed by atoms with Gasteiger partial charge in [0.1, 0.15) is 0 Å². The number of hydrogen-bond donors (Lipinski definition) is 2. The predicted molar refractivity (Wildman–Crippen MR) is 96.3 cm³/mol. The maximum atomic E-state index is 11.7. The van der Waals surface area contributed by atoms with Crippen molar-refractivity contribution in [3.63, 3.8) is 0 Å². The maximum Gasteiger partial charge on any atom is 0.319 e. The second-order valence-electron chi connectivity index (χ2n) is 6.09. The van der Waals surface area contributed by atoms with Gasteiger partial charge in [-0.2, -0.15) is 0 Å². The van der Waals surface area contributed by atoms with Crippen molar-refractivity contribution in [2.45, 2.75) is 19.3 Å². The Hall–Kier alpha value is -1.30. The first-order valence-corrected chi connectivity index (χ1v) is 8.72. The van der Waals surface area contributed by atoms with Crippen LogP contribution in [-0.2, 0) is 0 Å². The molecule has 2 N–H and O–H groups in total. The number of likely N-dealkylation sites (N-methyl/N-ethyl adjacent to an activating group) is 1. The molecule has 1 fully saturated rings. The molecule has 5 nitrogen and oxygen atoms in total. The fourth-order valence-corrected chi connectivity index (χ4v) is 2.75. The highest BCUT2D eigenvalue weighted by Crippen LogP contribution is 2.13. The lowest BCUT2D eigenvalue weighted by Gasteiger charge is -2.32. The summed E-state index contributed by atoms with van der Waals surface area (Å²) in [7, 11) is 2.18. The van der Waals surface area contributed by atoms with Crippen LogP contribution in [0, 0.1) is 0 Å². The molecule has 2 amide bonds. The average molecular weight is 339 g/mol. The van der Waals surface area contributed by atoms with Crippen LogP contribution in [0.1, 0.15) is 19.3 Å². The molecule has 2 rings (SSSR count). The minimum absolute atomic E-state index is 0.161. The predicted octanol–water partition coefficient (Wildman–Crippen LogP) is 2.88. The summed E-state index contributed by atoms with van der Waals surface area (Å²) in [6.07, 6.45) is 3.36. The number of anilines is 1. The smallest absolute Gasteiger partial charge is 0.319 e. The van der Waals surface area contributed by atoms with E-state index < -0.39 is 0 Å². The molecule has 6 heteroatoms. The first kappa shape index (κ1) is 18.0. The minimum Gasteiger partial charge on any atom is -0.338 e. The molecule has 1 aromatic carbocycles. The number of piperazine rings is 1. The van der Waals surface area contributed by atoms with Crippen molar-refractivity contribution in [3.05, 3.63) is 29.3 Å². The molecule has 1 aromatic rings. The number of carbonyl (C=O) groups excluding carboxylic acids is 1. The molecular formula is C17H27ClN4O. The van der Waals surface area contributed by atoms with E-state index in [-0.39, 0.29) is 6.03 Å². The third-order valence-corrected chi connectivity index (χ3v) is 4.39. The number of rotatable bonds is 7. The van der Waals surface area contributed by atoms with Crippen LogP contribution in [0.3, 0.4) is 0 Å². The fraction of sp³-hybridized carbons (Fsp3) is 0.588. The van der Waals surface area contributed by atoms with Gasteiger partial charge in [0.2, 0.25) is 0 Å². The van der Waals surface area contributed by atoms with Crippen LogP contribution < -0.4 is 10.6 Å². The van der Waals surface area contributed by atoms with Gasteiger partial charge in [-0.15, -0.1) is 0 Å². The van der Waals surface area contributed by atoms with Crippen LogP contribution >= 0.6 is 11.6 Å². The molecule has 1 saturated heterocycles. The summed E-state index contributed by atoms with van der Waals surface area (Å²) in [5.74, 6) is 0. The Balaban J connectivity index is 1.48. The number of unbranched alkanes of at least 4 members (excludes halogenated alkanes) is 2. The number of carbonyl (C=O) groups is 1. The maximum absolute atomic E-state index is 11.7. The van der Waals surface area contributed by atoms with Gasteiger partial charge < -0.3 is 20.4 Å². The lowest BCUT2D eigenvalue weighted by atomic mass is 10.2. The number of nitrogens with one attached hydrogen (secondary N) is 2. The number of hydrogen-bond acceptors (Lipinski definition) is 3. The Morgan fingerprint density at radius 1 is 1.09 bits per heavy atom. The molecule has 0 aliphatic carbocycles.